The molecular formula is C17H19ClFN3O2. The number of anilines is 1. The number of halogens is 2. The Balaban J connectivity index is 1.97. The molecule has 0 bridgehead atoms. The molecule has 1 N–H and O–H groups in total. The maximum atomic E-state index is 13.8. The second kappa shape index (κ2) is 8.61. The van der Waals surface area contributed by atoms with Gasteiger partial charge in [-0.1, -0.05) is 24.6 Å². The Morgan fingerprint density at radius 2 is 2.21 bits per heavy atom. The van der Waals surface area contributed by atoms with E-state index in [2.05, 4.69) is 10.3 Å². The Labute approximate surface area is 145 Å². The predicted molar refractivity (Wildman–Crippen MR) is 91.8 cm³/mol. The van der Waals surface area contributed by atoms with Crippen molar-refractivity contribution in [2.45, 2.75) is 13.5 Å². The van der Waals surface area contributed by atoms with Crippen molar-refractivity contribution in [3.8, 4) is 5.75 Å². The molecule has 7 heteroatoms. The first-order valence-corrected chi connectivity index (χ1v) is 7.86. The molecule has 0 aliphatic heterocycles. The molecule has 5 nitrogen and oxygen atoms in total. The van der Waals surface area contributed by atoms with E-state index in [4.69, 9.17) is 16.3 Å². The van der Waals surface area contributed by atoms with Gasteiger partial charge in [-0.25, -0.2) is 9.37 Å². The van der Waals surface area contributed by atoms with Crippen molar-refractivity contribution < 1.29 is 13.9 Å². The normalized spacial score (nSPS) is 10.7. The van der Waals surface area contributed by atoms with Gasteiger partial charge in [-0.3, -0.25) is 9.69 Å². The summed E-state index contributed by atoms with van der Waals surface area (Å²) in [7, 11) is 1.42. The van der Waals surface area contributed by atoms with E-state index in [0.717, 1.165) is 5.56 Å². The first-order chi connectivity index (χ1) is 11.5. The number of rotatable bonds is 7. The lowest BCUT2D eigenvalue weighted by Crippen LogP contribution is -2.32. The zero-order valence-electron chi connectivity index (χ0n) is 13.6. The van der Waals surface area contributed by atoms with Crippen LogP contribution in [-0.2, 0) is 11.3 Å². The number of hydrogen-bond donors (Lipinski definition) is 1. The molecule has 0 saturated heterocycles. The fraction of sp³-hybridized carbons (Fsp3) is 0.294. The van der Waals surface area contributed by atoms with Crippen molar-refractivity contribution in [1.29, 1.82) is 0 Å². The number of pyridine rings is 1. The molecule has 24 heavy (non-hydrogen) atoms. The van der Waals surface area contributed by atoms with Crippen molar-refractivity contribution >= 4 is 23.2 Å². The number of likely N-dealkylation sites (N-methyl/N-ethyl adjacent to an activating group) is 1. The van der Waals surface area contributed by atoms with Crippen molar-refractivity contribution in [2.75, 3.05) is 25.5 Å². The minimum absolute atomic E-state index is 0.162. The molecule has 128 valence electrons. The lowest BCUT2D eigenvalue weighted by molar-refractivity contribution is -0.117. The maximum Gasteiger partial charge on any atom is 0.238 e. The summed E-state index contributed by atoms with van der Waals surface area (Å²) in [6, 6.07) is 8.15. The van der Waals surface area contributed by atoms with Gasteiger partial charge in [0, 0.05) is 12.7 Å². The first-order valence-electron chi connectivity index (χ1n) is 7.48. The zero-order chi connectivity index (χ0) is 17.5. The van der Waals surface area contributed by atoms with Crippen LogP contribution >= 0.6 is 11.6 Å². The van der Waals surface area contributed by atoms with E-state index in [1.165, 1.54) is 13.2 Å². The van der Waals surface area contributed by atoms with Gasteiger partial charge < -0.3 is 10.1 Å². The highest BCUT2D eigenvalue weighted by Crippen LogP contribution is 2.19. The molecule has 1 aromatic carbocycles. The summed E-state index contributed by atoms with van der Waals surface area (Å²) in [5.41, 5.74) is 1.23. The smallest absolute Gasteiger partial charge is 0.238 e. The third-order valence-corrected chi connectivity index (χ3v) is 3.77. The quantitative estimate of drug-likeness (QED) is 0.777. The third-order valence-electron chi connectivity index (χ3n) is 3.47. The van der Waals surface area contributed by atoms with Crippen LogP contribution < -0.4 is 10.1 Å². The van der Waals surface area contributed by atoms with Crippen LogP contribution in [0.15, 0.2) is 36.5 Å². The van der Waals surface area contributed by atoms with Gasteiger partial charge in [0.25, 0.3) is 0 Å². The molecule has 0 aliphatic rings. The number of amides is 1. The van der Waals surface area contributed by atoms with Crippen LogP contribution in [0.1, 0.15) is 12.5 Å². The average Bonchev–Trinajstić information content (AvgIpc) is 2.56. The molecule has 2 aromatic rings. The van der Waals surface area contributed by atoms with Gasteiger partial charge in [0.1, 0.15) is 0 Å². The SMILES string of the molecule is CCN(CC(=O)Nc1cccnc1Cl)Cc1ccc(OC)c(F)c1. The molecular weight excluding hydrogens is 333 g/mol. The fourth-order valence-corrected chi connectivity index (χ4v) is 2.38. The second-order valence-electron chi connectivity index (χ2n) is 5.16. The van der Waals surface area contributed by atoms with Crippen LogP contribution in [0.3, 0.4) is 0 Å². The van der Waals surface area contributed by atoms with Gasteiger partial charge in [-0.2, -0.15) is 0 Å². The number of methoxy groups -OCH3 is 1. The number of ether oxygens (including phenoxy) is 1. The van der Waals surface area contributed by atoms with E-state index < -0.39 is 5.82 Å². The largest absolute Gasteiger partial charge is 0.494 e. The number of carbonyl (C=O) groups is 1. The number of nitrogens with zero attached hydrogens (tertiary/aromatic N) is 2. The number of nitrogens with one attached hydrogen (secondary N) is 1. The number of carbonyl (C=O) groups excluding carboxylic acids is 1. The van der Waals surface area contributed by atoms with Gasteiger partial charge >= 0.3 is 0 Å². The molecule has 0 atom stereocenters. The maximum absolute atomic E-state index is 13.8. The van der Waals surface area contributed by atoms with Crippen LogP contribution in [0.2, 0.25) is 5.15 Å². The van der Waals surface area contributed by atoms with Crippen molar-refractivity contribution in [1.82, 2.24) is 9.88 Å². The zero-order valence-corrected chi connectivity index (χ0v) is 14.3. The van der Waals surface area contributed by atoms with E-state index in [9.17, 15) is 9.18 Å². The molecule has 0 unspecified atom stereocenters. The number of aromatic nitrogens is 1. The average molecular weight is 352 g/mol. The lowest BCUT2D eigenvalue weighted by atomic mass is 10.2. The Hall–Kier alpha value is -2.18. The Morgan fingerprint density at radius 1 is 1.42 bits per heavy atom. The number of benzene rings is 1. The van der Waals surface area contributed by atoms with Crippen LogP contribution in [0, 0.1) is 5.82 Å². The van der Waals surface area contributed by atoms with E-state index >= 15 is 0 Å². The molecule has 0 fully saturated rings. The minimum atomic E-state index is -0.419. The summed E-state index contributed by atoms with van der Waals surface area (Å²) in [5, 5.41) is 2.96. The standard InChI is InChI=1S/C17H19ClFN3O2/c1-3-22(10-12-6-7-15(24-2)13(19)9-12)11-16(23)21-14-5-4-8-20-17(14)18/h4-9H,3,10-11H2,1-2H3,(H,21,23). The minimum Gasteiger partial charge on any atom is -0.494 e. The third kappa shape index (κ3) is 4.91. The summed E-state index contributed by atoms with van der Waals surface area (Å²) in [6.45, 7) is 3.19. The van der Waals surface area contributed by atoms with Gasteiger partial charge in [0.15, 0.2) is 16.7 Å². The second-order valence-corrected chi connectivity index (χ2v) is 5.52. The summed E-state index contributed by atoms with van der Waals surface area (Å²) in [5.74, 6) is -0.427. The van der Waals surface area contributed by atoms with E-state index in [-0.39, 0.29) is 23.4 Å². The van der Waals surface area contributed by atoms with Crippen molar-refractivity contribution in [2.24, 2.45) is 0 Å². The van der Waals surface area contributed by atoms with Gasteiger partial charge in [-0.05, 0) is 36.4 Å². The summed E-state index contributed by atoms with van der Waals surface area (Å²) < 4.78 is 18.7. The van der Waals surface area contributed by atoms with E-state index in [0.29, 0.717) is 18.8 Å². The summed E-state index contributed by atoms with van der Waals surface area (Å²) in [6.07, 6.45) is 1.55. The molecule has 0 radical (unpaired) electrons. The lowest BCUT2D eigenvalue weighted by Gasteiger charge is -2.20. The number of hydrogen-bond acceptors (Lipinski definition) is 4. The summed E-state index contributed by atoms with van der Waals surface area (Å²) >= 11 is 5.92. The first kappa shape index (κ1) is 18.2. The molecule has 1 aromatic heterocycles. The Morgan fingerprint density at radius 3 is 2.83 bits per heavy atom. The summed E-state index contributed by atoms with van der Waals surface area (Å²) in [4.78, 5) is 18.0. The van der Waals surface area contributed by atoms with Gasteiger partial charge in [0.05, 0.1) is 19.3 Å². The van der Waals surface area contributed by atoms with Crippen LogP contribution in [0.5, 0.6) is 5.75 Å². The van der Waals surface area contributed by atoms with Crippen LogP contribution in [0.4, 0.5) is 10.1 Å². The molecule has 0 aliphatic carbocycles. The molecule has 1 amide bonds. The topological polar surface area (TPSA) is 54.5 Å². The van der Waals surface area contributed by atoms with Crippen molar-refractivity contribution in [3.05, 3.63) is 53.1 Å². The van der Waals surface area contributed by atoms with Crippen LogP contribution in [0.25, 0.3) is 0 Å². The Bertz CT molecular complexity index is 712. The van der Waals surface area contributed by atoms with Gasteiger partial charge in [-0.15, -0.1) is 0 Å². The molecule has 0 spiro atoms. The fourth-order valence-electron chi connectivity index (χ4n) is 2.22. The Kier molecular flexibility index (Phi) is 6.52. The highest BCUT2D eigenvalue weighted by Gasteiger charge is 2.13. The van der Waals surface area contributed by atoms with E-state index in [1.807, 2.05) is 11.8 Å². The highest BCUT2D eigenvalue weighted by atomic mass is 35.5. The van der Waals surface area contributed by atoms with E-state index in [1.54, 1.807) is 30.5 Å². The molecule has 2 rings (SSSR count). The van der Waals surface area contributed by atoms with Crippen LogP contribution in [-0.4, -0.2) is 36.0 Å². The molecule has 1 heterocycles. The molecule has 0 saturated carbocycles. The highest BCUT2D eigenvalue weighted by molar-refractivity contribution is 6.32. The van der Waals surface area contributed by atoms with Gasteiger partial charge in [0.2, 0.25) is 5.91 Å². The predicted octanol–water partition coefficient (Wildman–Crippen LogP) is 3.34. The van der Waals surface area contributed by atoms with Crippen molar-refractivity contribution in [3.63, 3.8) is 0 Å². The monoisotopic (exact) mass is 351 g/mol.